The molecule has 0 aliphatic heterocycles. The van der Waals surface area contributed by atoms with Crippen molar-refractivity contribution in [2.75, 3.05) is 0 Å². The van der Waals surface area contributed by atoms with E-state index in [2.05, 4.69) is 15.5 Å². The van der Waals surface area contributed by atoms with Crippen LogP contribution < -0.4 is 5.32 Å². The maximum atomic E-state index is 13.1. The Morgan fingerprint density at radius 3 is 2.38 bits per heavy atom. The Kier molecular flexibility index (Phi) is 6.72. The van der Waals surface area contributed by atoms with E-state index >= 15 is 0 Å². The molecule has 4 rings (SSSR count). The summed E-state index contributed by atoms with van der Waals surface area (Å²) >= 11 is 0. The highest BCUT2D eigenvalue weighted by Gasteiger charge is 2.31. The van der Waals surface area contributed by atoms with Crippen molar-refractivity contribution in [1.29, 1.82) is 0 Å². The van der Waals surface area contributed by atoms with Gasteiger partial charge in [0.2, 0.25) is 17.6 Å². The van der Waals surface area contributed by atoms with E-state index in [1.807, 2.05) is 30.3 Å². The summed E-state index contributed by atoms with van der Waals surface area (Å²) in [6.07, 6.45) is -4.19. The van der Waals surface area contributed by atoms with Crippen LogP contribution in [0.15, 0.2) is 83.4 Å². The minimum Gasteiger partial charge on any atom is -0.344 e. The monoisotopic (exact) mass is 469 g/mol. The summed E-state index contributed by atoms with van der Waals surface area (Å²) in [7, 11) is 0. The first kappa shape index (κ1) is 23.2. The van der Waals surface area contributed by atoms with Gasteiger partial charge < -0.3 is 9.84 Å². The van der Waals surface area contributed by atoms with Gasteiger partial charge in [-0.05, 0) is 35.4 Å². The standard InChI is InChI=1S/C25H19F4N3O2/c26-20-11-9-17(10-12-20)14-22(33)30-21(13-16-5-2-1-3-6-16)24-31-23(32-34-24)18-7-4-8-19(15-18)25(27,28)29/h1-12,15,21H,13-14H2,(H,30,33). The fourth-order valence-electron chi connectivity index (χ4n) is 3.41. The summed E-state index contributed by atoms with van der Waals surface area (Å²) in [5.41, 5.74) is 0.812. The molecule has 1 heterocycles. The first-order chi connectivity index (χ1) is 16.3. The van der Waals surface area contributed by atoms with E-state index in [0.29, 0.717) is 12.0 Å². The van der Waals surface area contributed by atoms with Gasteiger partial charge in [0.05, 0.1) is 12.0 Å². The largest absolute Gasteiger partial charge is 0.416 e. The minimum atomic E-state index is -4.51. The minimum absolute atomic E-state index is 0.000190. The van der Waals surface area contributed by atoms with Crippen molar-refractivity contribution in [2.24, 2.45) is 0 Å². The predicted molar refractivity (Wildman–Crippen MR) is 116 cm³/mol. The molecule has 1 N–H and O–H groups in total. The molecule has 4 aromatic rings. The smallest absolute Gasteiger partial charge is 0.344 e. The first-order valence-corrected chi connectivity index (χ1v) is 10.4. The summed E-state index contributed by atoms with van der Waals surface area (Å²) in [6, 6.07) is 18.7. The molecule has 1 atom stereocenters. The Bertz CT molecular complexity index is 1260. The second-order valence-corrected chi connectivity index (χ2v) is 7.65. The number of carbonyl (C=O) groups is 1. The van der Waals surface area contributed by atoms with Crippen LogP contribution in [0.4, 0.5) is 17.6 Å². The van der Waals surface area contributed by atoms with Gasteiger partial charge in [0, 0.05) is 12.0 Å². The van der Waals surface area contributed by atoms with E-state index in [9.17, 15) is 22.4 Å². The number of nitrogens with zero attached hydrogens (tertiary/aromatic N) is 2. The summed E-state index contributed by atoms with van der Waals surface area (Å²) in [5.74, 6) is -0.721. The highest BCUT2D eigenvalue weighted by molar-refractivity contribution is 5.79. The Labute approximate surface area is 192 Å². The van der Waals surface area contributed by atoms with Crippen molar-refractivity contribution in [3.8, 4) is 11.4 Å². The van der Waals surface area contributed by atoms with Crippen LogP contribution in [0.5, 0.6) is 0 Å². The lowest BCUT2D eigenvalue weighted by molar-refractivity contribution is -0.137. The molecule has 0 bridgehead atoms. The molecule has 0 spiro atoms. The van der Waals surface area contributed by atoms with Gasteiger partial charge in [-0.3, -0.25) is 4.79 Å². The Morgan fingerprint density at radius 1 is 0.941 bits per heavy atom. The van der Waals surface area contributed by atoms with Gasteiger partial charge in [-0.15, -0.1) is 0 Å². The second kappa shape index (κ2) is 9.86. The van der Waals surface area contributed by atoms with E-state index in [-0.39, 0.29) is 29.6 Å². The topological polar surface area (TPSA) is 68.0 Å². The number of amides is 1. The highest BCUT2D eigenvalue weighted by atomic mass is 19.4. The summed E-state index contributed by atoms with van der Waals surface area (Å²) in [4.78, 5) is 16.9. The highest BCUT2D eigenvalue weighted by Crippen LogP contribution is 2.32. The third-order valence-electron chi connectivity index (χ3n) is 5.08. The lowest BCUT2D eigenvalue weighted by Crippen LogP contribution is -2.31. The van der Waals surface area contributed by atoms with Crippen LogP contribution in [0, 0.1) is 5.82 Å². The molecular formula is C25H19F4N3O2. The second-order valence-electron chi connectivity index (χ2n) is 7.65. The van der Waals surface area contributed by atoms with Crippen LogP contribution in [-0.4, -0.2) is 16.0 Å². The molecule has 174 valence electrons. The number of alkyl halides is 3. The number of hydrogen-bond acceptors (Lipinski definition) is 4. The molecule has 0 saturated carbocycles. The molecular weight excluding hydrogens is 450 g/mol. The van der Waals surface area contributed by atoms with E-state index in [1.54, 1.807) is 0 Å². The van der Waals surface area contributed by atoms with Crippen molar-refractivity contribution in [1.82, 2.24) is 15.5 Å². The molecule has 0 fully saturated rings. The van der Waals surface area contributed by atoms with E-state index in [4.69, 9.17) is 4.52 Å². The molecule has 3 aromatic carbocycles. The summed E-state index contributed by atoms with van der Waals surface area (Å²) in [5, 5.41) is 6.66. The lowest BCUT2D eigenvalue weighted by Gasteiger charge is -2.15. The van der Waals surface area contributed by atoms with Crippen LogP contribution in [0.1, 0.15) is 28.6 Å². The maximum absolute atomic E-state index is 13.1. The number of benzene rings is 3. The molecule has 0 saturated heterocycles. The molecule has 1 amide bonds. The van der Waals surface area contributed by atoms with Gasteiger partial charge >= 0.3 is 6.18 Å². The number of rotatable bonds is 7. The maximum Gasteiger partial charge on any atom is 0.416 e. The van der Waals surface area contributed by atoms with Crippen LogP contribution in [-0.2, 0) is 23.8 Å². The average molecular weight is 469 g/mol. The molecule has 9 heteroatoms. The molecule has 0 radical (unpaired) electrons. The van der Waals surface area contributed by atoms with Gasteiger partial charge in [-0.2, -0.15) is 18.2 Å². The summed E-state index contributed by atoms with van der Waals surface area (Å²) < 4.78 is 57.7. The molecule has 0 aliphatic rings. The molecule has 5 nitrogen and oxygen atoms in total. The number of hydrogen-bond donors (Lipinski definition) is 1. The predicted octanol–water partition coefficient (Wildman–Crippen LogP) is 5.54. The van der Waals surface area contributed by atoms with Crippen LogP contribution in [0.3, 0.4) is 0 Å². The Balaban J connectivity index is 1.57. The third kappa shape index (κ3) is 5.86. The van der Waals surface area contributed by atoms with Crippen LogP contribution >= 0.6 is 0 Å². The van der Waals surface area contributed by atoms with Crippen molar-refractivity contribution >= 4 is 5.91 Å². The SMILES string of the molecule is O=C(Cc1ccc(F)cc1)NC(Cc1ccccc1)c1nc(-c2cccc(C(F)(F)F)c2)no1. The Hall–Kier alpha value is -4.01. The molecule has 1 aromatic heterocycles. The fourth-order valence-corrected chi connectivity index (χ4v) is 3.41. The number of carbonyl (C=O) groups excluding carboxylic acids is 1. The van der Waals surface area contributed by atoms with Gasteiger partial charge in [0.15, 0.2) is 0 Å². The van der Waals surface area contributed by atoms with Crippen molar-refractivity contribution in [3.63, 3.8) is 0 Å². The van der Waals surface area contributed by atoms with Crippen molar-refractivity contribution < 1.29 is 26.9 Å². The van der Waals surface area contributed by atoms with E-state index in [1.165, 1.54) is 36.4 Å². The zero-order valence-corrected chi connectivity index (χ0v) is 17.7. The average Bonchev–Trinajstić information content (AvgIpc) is 3.31. The van der Waals surface area contributed by atoms with Gasteiger partial charge in [-0.1, -0.05) is 59.8 Å². The van der Waals surface area contributed by atoms with Crippen LogP contribution in [0.2, 0.25) is 0 Å². The van der Waals surface area contributed by atoms with Gasteiger partial charge in [0.25, 0.3) is 0 Å². The number of halogens is 4. The van der Waals surface area contributed by atoms with E-state index < -0.39 is 23.6 Å². The van der Waals surface area contributed by atoms with Crippen molar-refractivity contribution in [3.05, 3.63) is 107 Å². The van der Waals surface area contributed by atoms with Gasteiger partial charge in [0.1, 0.15) is 11.9 Å². The summed E-state index contributed by atoms with van der Waals surface area (Å²) in [6.45, 7) is 0. The number of aromatic nitrogens is 2. The quantitative estimate of drug-likeness (QED) is 0.361. The van der Waals surface area contributed by atoms with Crippen LogP contribution in [0.25, 0.3) is 11.4 Å². The Morgan fingerprint density at radius 2 is 1.68 bits per heavy atom. The zero-order valence-electron chi connectivity index (χ0n) is 17.7. The third-order valence-corrected chi connectivity index (χ3v) is 5.08. The van der Waals surface area contributed by atoms with Crippen molar-refractivity contribution in [2.45, 2.75) is 25.1 Å². The fraction of sp³-hybridized carbons (Fsp3) is 0.160. The molecule has 1 unspecified atom stereocenters. The van der Waals surface area contributed by atoms with Gasteiger partial charge in [-0.25, -0.2) is 4.39 Å². The molecule has 0 aliphatic carbocycles. The first-order valence-electron chi connectivity index (χ1n) is 10.4. The lowest BCUT2D eigenvalue weighted by atomic mass is 10.0. The zero-order chi connectivity index (χ0) is 24.1. The van der Waals surface area contributed by atoms with E-state index in [0.717, 1.165) is 17.7 Å². The normalized spacial score (nSPS) is 12.4. The number of nitrogens with one attached hydrogen (secondary N) is 1. The molecule has 34 heavy (non-hydrogen) atoms.